The van der Waals surface area contributed by atoms with Crippen LogP contribution in [-0.4, -0.2) is 44.3 Å². The number of thiazole rings is 1. The van der Waals surface area contributed by atoms with Crippen molar-refractivity contribution in [1.29, 1.82) is 0 Å². The van der Waals surface area contributed by atoms with Crippen LogP contribution in [0.15, 0.2) is 24.3 Å². The van der Waals surface area contributed by atoms with Gasteiger partial charge >= 0.3 is 0 Å². The van der Waals surface area contributed by atoms with E-state index in [9.17, 15) is 5.11 Å². The molecular weight excluding hydrogens is 336 g/mol. The van der Waals surface area contributed by atoms with Gasteiger partial charge in [-0.25, -0.2) is 4.98 Å². The number of aryl methyl sites for hydroxylation is 1. The van der Waals surface area contributed by atoms with E-state index in [1.54, 1.807) is 4.52 Å². The van der Waals surface area contributed by atoms with Crippen molar-refractivity contribution < 1.29 is 9.84 Å². The van der Waals surface area contributed by atoms with Gasteiger partial charge in [0, 0.05) is 5.56 Å². The number of hydrogen-bond acceptors (Lipinski definition) is 6. The Bertz CT molecular complexity index is 882. The molecule has 0 spiro atoms. The molecule has 1 fully saturated rings. The van der Waals surface area contributed by atoms with E-state index in [-0.39, 0.29) is 11.9 Å². The van der Waals surface area contributed by atoms with Crippen molar-refractivity contribution in [3.8, 4) is 11.6 Å². The van der Waals surface area contributed by atoms with E-state index in [0.717, 1.165) is 34.2 Å². The van der Waals surface area contributed by atoms with Crippen LogP contribution >= 0.6 is 11.3 Å². The Morgan fingerprint density at radius 1 is 1.28 bits per heavy atom. The van der Waals surface area contributed by atoms with Crippen LogP contribution in [-0.2, 0) is 0 Å². The lowest BCUT2D eigenvalue weighted by Crippen LogP contribution is -2.26. The van der Waals surface area contributed by atoms with Gasteiger partial charge in [-0.05, 0) is 45.8 Å². The number of aromatic nitrogens is 3. The van der Waals surface area contributed by atoms with Crippen molar-refractivity contribution in [3.63, 3.8) is 0 Å². The zero-order valence-corrected chi connectivity index (χ0v) is 15.3. The van der Waals surface area contributed by atoms with Gasteiger partial charge < -0.3 is 9.84 Å². The van der Waals surface area contributed by atoms with Gasteiger partial charge in [-0.2, -0.15) is 4.52 Å². The Kier molecular flexibility index (Phi) is 4.35. The number of likely N-dealkylation sites (tertiary alicyclic amines) is 1. The molecule has 0 radical (unpaired) electrons. The molecule has 1 saturated heterocycles. The van der Waals surface area contributed by atoms with Gasteiger partial charge in [0.15, 0.2) is 0 Å². The van der Waals surface area contributed by atoms with Crippen LogP contribution in [0.3, 0.4) is 0 Å². The van der Waals surface area contributed by atoms with Gasteiger partial charge in [0.1, 0.15) is 11.6 Å². The molecule has 7 heteroatoms. The van der Waals surface area contributed by atoms with E-state index in [0.29, 0.717) is 12.4 Å². The fourth-order valence-electron chi connectivity index (χ4n) is 3.52. The summed E-state index contributed by atoms with van der Waals surface area (Å²) in [6, 6.07) is 8.06. The molecule has 3 heterocycles. The van der Waals surface area contributed by atoms with Gasteiger partial charge in [0.05, 0.1) is 17.5 Å². The molecule has 25 heavy (non-hydrogen) atoms. The highest BCUT2D eigenvalue weighted by Crippen LogP contribution is 2.43. The molecule has 2 aromatic heterocycles. The van der Waals surface area contributed by atoms with E-state index in [2.05, 4.69) is 21.0 Å². The second kappa shape index (κ2) is 6.65. The lowest BCUT2D eigenvalue weighted by molar-refractivity contribution is 0.264. The van der Waals surface area contributed by atoms with E-state index in [1.807, 2.05) is 32.0 Å². The maximum absolute atomic E-state index is 10.8. The summed E-state index contributed by atoms with van der Waals surface area (Å²) in [4.78, 5) is 8.43. The minimum absolute atomic E-state index is 0.0425. The van der Waals surface area contributed by atoms with Gasteiger partial charge in [-0.15, -0.1) is 5.10 Å². The first kappa shape index (κ1) is 16.4. The van der Waals surface area contributed by atoms with Crippen LogP contribution in [0.1, 0.15) is 42.1 Å². The Hall–Kier alpha value is -2.12. The van der Waals surface area contributed by atoms with Gasteiger partial charge in [-0.3, -0.25) is 4.90 Å². The Morgan fingerprint density at radius 2 is 2.04 bits per heavy atom. The van der Waals surface area contributed by atoms with Crippen LogP contribution < -0.4 is 4.74 Å². The highest BCUT2D eigenvalue weighted by Gasteiger charge is 2.32. The number of para-hydroxylation sites is 1. The lowest BCUT2D eigenvalue weighted by Gasteiger charge is -2.28. The van der Waals surface area contributed by atoms with E-state index < -0.39 is 0 Å². The monoisotopic (exact) mass is 358 g/mol. The minimum Gasteiger partial charge on any atom is -0.494 e. The second-order valence-corrected chi connectivity index (χ2v) is 7.27. The third kappa shape index (κ3) is 2.87. The molecule has 4 rings (SSSR count). The smallest absolute Gasteiger partial charge is 0.230 e. The van der Waals surface area contributed by atoms with E-state index in [1.165, 1.54) is 24.2 Å². The van der Waals surface area contributed by atoms with Crippen molar-refractivity contribution >= 4 is 16.3 Å². The highest BCUT2D eigenvalue weighted by atomic mass is 32.1. The van der Waals surface area contributed by atoms with Gasteiger partial charge in [0.2, 0.25) is 10.8 Å². The third-order valence-corrected chi connectivity index (χ3v) is 5.65. The topological polar surface area (TPSA) is 62.9 Å². The first-order valence-corrected chi connectivity index (χ1v) is 9.51. The Balaban J connectivity index is 1.86. The summed E-state index contributed by atoms with van der Waals surface area (Å²) in [5.74, 6) is 1.72. The maximum Gasteiger partial charge on any atom is 0.230 e. The second-order valence-electron chi connectivity index (χ2n) is 6.26. The van der Waals surface area contributed by atoms with Crippen LogP contribution in [0.4, 0.5) is 0 Å². The van der Waals surface area contributed by atoms with Crippen LogP contribution in [0.5, 0.6) is 11.6 Å². The predicted octanol–water partition coefficient (Wildman–Crippen LogP) is 3.39. The molecule has 6 nitrogen and oxygen atoms in total. The summed E-state index contributed by atoms with van der Waals surface area (Å²) in [5.41, 5.74) is 1.09. The van der Waals surface area contributed by atoms with Gasteiger partial charge in [-0.1, -0.05) is 29.5 Å². The number of fused-ring (bicyclic) bond motifs is 1. The molecule has 1 atom stereocenters. The zero-order chi connectivity index (χ0) is 17.4. The third-order valence-electron chi connectivity index (χ3n) is 4.57. The maximum atomic E-state index is 10.8. The summed E-state index contributed by atoms with van der Waals surface area (Å²) < 4.78 is 7.42. The molecule has 1 N–H and O–H groups in total. The first-order chi connectivity index (χ1) is 12.2. The number of nitrogens with zero attached hydrogens (tertiary/aromatic N) is 4. The van der Waals surface area contributed by atoms with Crippen molar-refractivity contribution in [2.24, 2.45) is 0 Å². The molecule has 3 aromatic rings. The highest BCUT2D eigenvalue weighted by molar-refractivity contribution is 7.17. The normalized spacial score (nSPS) is 16.6. The predicted molar refractivity (Wildman–Crippen MR) is 97.5 cm³/mol. The van der Waals surface area contributed by atoms with Crippen molar-refractivity contribution in [2.75, 3.05) is 19.7 Å². The fraction of sp³-hybridized carbons (Fsp3) is 0.444. The molecule has 1 aliphatic heterocycles. The molecule has 1 aliphatic rings. The van der Waals surface area contributed by atoms with Crippen molar-refractivity contribution in [2.45, 2.75) is 32.7 Å². The standard InChI is InChI=1S/C18H22N4O2S/c1-3-24-14-9-5-4-8-13(14)15(21-10-6-7-11-21)16-17(23)22-18(25-16)19-12(2)20-22/h4-5,8-9,15,23H,3,6-7,10-11H2,1-2H3. The molecule has 0 bridgehead atoms. The summed E-state index contributed by atoms with van der Waals surface area (Å²) in [6.45, 7) is 6.46. The average Bonchev–Trinajstić information content (AvgIpc) is 3.30. The number of aromatic hydroxyl groups is 1. The van der Waals surface area contributed by atoms with Crippen LogP contribution in [0, 0.1) is 6.92 Å². The van der Waals surface area contributed by atoms with E-state index in [4.69, 9.17) is 4.74 Å². The Morgan fingerprint density at radius 3 is 2.76 bits per heavy atom. The molecule has 1 aromatic carbocycles. The van der Waals surface area contributed by atoms with E-state index >= 15 is 0 Å². The molecule has 0 aliphatic carbocycles. The summed E-state index contributed by atoms with van der Waals surface area (Å²) in [6.07, 6.45) is 2.35. The number of hydrogen-bond donors (Lipinski definition) is 1. The summed E-state index contributed by atoms with van der Waals surface area (Å²) in [7, 11) is 0. The molecule has 0 amide bonds. The minimum atomic E-state index is -0.0425. The van der Waals surface area contributed by atoms with Crippen LogP contribution in [0.2, 0.25) is 0 Å². The van der Waals surface area contributed by atoms with Crippen LogP contribution in [0.25, 0.3) is 4.96 Å². The fourth-order valence-corrected chi connectivity index (χ4v) is 4.68. The number of benzene rings is 1. The zero-order valence-electron chi connectivity index (χ0n) is 14.5. The number of rotatable bonds is 5. The average molecular weight is 358 g/mol. The van der Waals surface area contributed by atoms with Crippen molar-refractivity contribution in [1.82, 2.24) is 19.5 Å². The molecular formula is C18H22N4O2S. The largest absolute Gasteiger partial charge is 0.494 e. The molecule has 0 saturated carbocycles. The molecule has 1 unspecified atom stereocenters. The SMILES string of the molecule is CCOc1ccccc1C(c1sc2nc(C)nn2c1O)N1CCCC1. The van der Waals surface area contributed by atoms with Gasteiger partial charge in [0.25, 0.3) is 0 Å². The first-order valence-electron chi connectivity index (χ1n) is 8.70. The summed E-state index contributed by atoms with van der Waals surface area (Å²) in [5, 5.41) is 15.1. The lowest BCUT2D eigenvalue weighted by atomic mass is 10.0. The quantitative estimate of drug-likeness (QED) is 0.757. The van der Waals surface area contributed by atoms with Crippen molar-refractivity contribution in [3.05, 3.63) is 40.5 Å². The number of ether oxygens (including phenoxy) is 1. The molecule has 132 valence electrons. The summed E-state index contributed by atoms with van der Waals surface area (Å²) >= 11 is 1.50. The Labute approximate surface area is 150 Å².